The lowest BCUT2D eigenvalue weighted by Gasteiger charge is -2.04. The molecule has 1 aromatic heterocycles. The van der Waals surface area contributed by atoms with Gasteiger partial charge in [0.1, 0.15) is 5.15 Å². The molecule has 0 atom stereocenters. The molecule has 0 amide bonds. The Morgan fingerprint density at radius 1 is 1.19 bits per heavy atom. The van der Waals surface area contributed by atoms with Gasteiger partial charge < -0.3 is 0 Å². The Labute approximate surface area is 102 Å². The summed E-state index contributed by atoms with van der Waals surface area (Å²) in [6, 6.07) is 6.28. The minimum atomic E-state index is -0.536. The van der Waals surface area contributed by atoms with Gasteiger partial charge in [0.15, 0.2) is 11.6 Å². The Balaban J connectivity index is 2.63. The van der Waals surface area contributed by atoms with Gasteiger partial charge in [0.05, 0.1) is 10.6 Å². The van der Waals surface area contributed by atoms with E-state index in [1.807, 2.05) is 0 Å². The highest BCUT2D eigenvalue weighted by Crippen LogP contribution is 2.25. The van der Waals surface area contributed by atoms with Crippen molar-refractivity contribution in [3.63, 3.8) is 0 Å². The first-order chi connectivity index (χ1) is 7.58. The van der Waals surface area contributed by atoms with Crippen LogP contribution in [0.5, 0.6) is 0 Å². The van der Waals surface area contributed by atoms with Gasteiger partial charge in [-0.3, -0.25) is 0 Å². The van der Waals surface area contributed by atoms with E-state index in [1.54, 1.807) is 25.1 Å². The average molecular weight is 257 g/mol. The summed E-state index contributed by atoms with van der Waals surface area (Å²) in [5, 5.41) is 0.320. The van der Waals surface area contributed by atoms with Crippen molar-refractivity contribution >= 4 is 23.2 Å². The number of rotatable bonds is 1. The number of nitrogens with zero attached hydrogens (tertiary/aromatic N) is 2. The maximum Gasteiger partial charge on any atom is 0.164 e. The van der Waals surface area contributed by atoms with E-state index in [1.165, 1.54) is 6.07 Å². The highest BCUT2D eigenvalue weighted by Gasteiger charge is 2.11. The zero-order valence-electron chi connectivity index (χ0n) is 8.34. The van der Waals surface area contributed by atoms with Crippen LogP contribution in [-0.4, -0.2) is 9.97 Å². The van der Waals surface area contributed by atoms with Crippen LogP contribution in [0, 0.1) is 12.7 Å². The van der Waals surface area contributed by atoms with Crippen molar-refractivity contribution in [1.29, 1.82) is 0 Å². The van der Waals surface area contributed by atoms with Crippen LogP contribution in [-0.2, 0) is 0 Å². The highest BCUT2D eigenvalue weighted by molar-refractivity contribution is 6.31. The standard InChI is InChI=1S/C11H7Cl2FN2/c1-6-5-9(13)16-11(15-6)7-3-2-4-8(12)10(7)14/h2-5H,1H3. The van der Waals surface area contributed by atoms with Crippen LogP contribution < -0.4 is 0 Å². The fourth-order valence-electron chi connectivity index (χ4n) is 1.33. The maximum atomic E-state index is 13.7. The number of halogens is 3. The third kappa shape index (κ3) is 2.15. The van der Waals surface area contributed by atoms with E-state index in [2.05, 4.69) is 9.97 Å². The molecule has 5 heteroatoms. The predicted molar refractivity (Wildman–Crippen MR) is 62.2 cm³/mol. The molecule has 2 nitrogen and oxygen atoms in total. The molecular weight excluding hydrogens is 250 g/mol. The van der Waals surface area contributed by atoms with Crippen molar-refractivity contribution in [3.05, 3.63) is 46.0 Å². The molecule has 0 aliphatic rings. The Hall–Kier alpha value is -1.19. The molecule has 1 aromatic carbocycles. The highest BCUT2D eigenvalue weighted by atomic mass is 35.5. The summed E-state index contributed by atoms with van der Waals surface area (Å²) in [4.78, 5) is 8.07. The van der Waals surface area contributed by atoms with E-state index in [0.29, 0.717) is 5.69 Å². The van der Waals surface area contributed by atoms with Gasteiger partial charge in [0, 0.05) is 5.69 Å². The van der Waals surface area contributed by atoms with Crippen molar-refractivity contribution in [2.24, 2.45) is 0 Å². The molecule has 0 saturated heterocycles. The minimum absolute atomic E-state index is 0.0405. The minimum Gasteiger partial charge on any atom is -0.233 e. The van der Waals surface area contributed by atoms with E-state index < -0.39 is 5.82 Å². The van der Waals surface area contributed by atoms with Gasteiger partial charge in [-0.05, 0) is 25.1 Å². The second-order valence-electron chi connectivity index (χ2n) is 3.26. The third-order valence-electron chi connectivity index (χ3n) is 2.02. The lowest BCUT2D eigenvalue weighted by atomic mass is 10.2. The zero-order valence-corrected chi connectivity index (χ0v) is 9.85. The fourth-order valence-corrected chi connectivity index (χ4v) is 1.74. The molecule has 0 bridgehead atoms. The summed E-state index contributed by atoms with van der Waals surface area (Å²) < 4.78 is 13.7. The first-order valence-corrected chi connectivity index (χ1v) is 5.29. The Kier molecular flexibility index (Phi) is 3.08. The maximum absolute atomic E-state index is 13.7. The number of aromatic nitrogens is 2. The smallest absolute Gasteiger partial charge is 0.164 e. The topological polar surface area (TPSA) is 25.8 Å². The molecule has 0 aliphatic carbocycles. The van der Waals surface area contributed by atoms with Crippen LogP contribution in [0.4, 0.5) is 4.39 Å². The first-order valence-electron chi connectivity index (χ1n) is 4.53. The summed E-state index contributed by atoms with van der Waals surface area (Å²) in [6.07, 6.45) is 0. The van der Waals surface area contributed by atoms with E-state index in [9.17, 15) is 4.39 Å². The quantitative estimate of drug-likeness (QED) is 0.724. The summed E-state index contributed by atoms with van der Waals surface area (Å²) in [7, 11) is 0. The lowest BCUT2D eigenvalue weighted by Crippen LogP contribution is -1.95. The molecule has 0 radical (unpaired) electrons. The first kappa shape index (κ1) is 11.3. The third-order valence-corrected chi connectivity index (χ3v) is 2.50. The van der Waals surface area contributed by atoms with Crippen LogP contribution in [0.25, 0.3) is 11.4 Å². The number of aryl methyl sites for hydroxylation is 1. The Bertz CT molecular complexity index is 523. The van der Waals surface area contributed by atoms with Gasteiger partial charge in [0.25, 0.3) is 0 Å². The van der Waals surface area contributed by atoms with Crippen molar-refractivity contribution in [2.75, 3.05) is 0 Å². The molecular formula is C11H7Cl2FN2. The molecule has 0 spiro atoms. The zero-order chi connectivity index (χ0) is 11.7. The normalized spacial score (nSPS) is 10.5. The van der Waals surface area contributed by atoms with Crippen molar-refractivity contribution in [3.8, 4) is 11.4 Å². The number of benzene rings is 1. The molecule has 0 N–H and O–H groups in total. The number of hydrogen-bond donors (Lipinski definition) is 0. The van der Waals surface area contributed by atoms with Crippen molar-refractivity contribution in [1.82, 2.24) is 9.97 Å². The van der Waals surface area contributed by atoms with Crippen LogP contribution in [0.1, 0.15) is 5.69 Å². The Morgan fingerprint density at radius 3 is 2.62 bits per heavy atom. The molecule has 0 unspecified atom stereocenters. The van der Waals surface area contributed by atoms with Crippen molar-refractivity contribution < 1.29 is 4.39 Å². The monoisotopic (exact) mass is 256 g/mol. The fraction of sp³-hybridized carbons (Fsp3) is 0.0909. The van der Waals surface area contributed by atoms with E-state index in [4.69, 9.17) is 23.2 Å². The number of hydrogen-bond acceptors (Lipinski definition) is 2. The van der Waals surface area contributed by atoms with Crippen molar-refractivity contribution in [2.45, 2.75) is 6.92 Å². The molecule has 16 heavy (non-hydrogen) atoms. The Morgan fingerprint density at radius 2 is 1.94 bits per heavy atom. The summed E-state index contributed by atoms with van der Waals surface area (Å²) >= 11 is 11.5. The van der Waals surface area contributed by atoms with Crippen LogP contribution >= 0.6 is 23.2 Å². The molecule has 0 saturated carbocycles. The van der Waals surface area contributed by atoms with Gasteiger partial charge in [-0.1, -0.05) is 29.3 Å². The predicted octanol–water partition coefficient (Wildman–Crippen LogP) is 3.90. The van der Waals surface area contributed by atoms with Gasteiger partial charge in [0.2, 0.25) is 0 Å². The molecule has 0 aliphatic heterocycles. The van der Waals surface area contributed by atoms with E-state index in [0.717, 1.165) is 0 Å². The van der Waals surface area contributed by atoms with Crippen LogP contribution in [0.15, 0.2) is 24.3 Å². The molecule has 1 heterocycles. The second kappa shape index (κ2) is 4.36. The van der Waals surface area contributed by atoms with E-state index >= 15 is 0 Å². The molecule has 82 valence electrons. The average Bonchev–Trinajstić information content (AvgIpc) is 2.20. The molecule has 2 rings (SSSR count). The van der Waals surface area contributed by atoms with Crippen LogP contribution in [0.2, 0.25) is 10.2 Å². The van der Waals surface area contributed by atoms with Crippen LogP contribution in [0.3, 0.4) is 0 Å². The van der Waals surface area contributed by atoms with Gasteiger partial charge in [-0.2, -0.15) is 0 Å². The SMILES string of the molecule is Cc1cc(Cl)nc(-c2cccc(Cl)c2F)n1. The van der Waals surface area contributed by atoms with Gasteiger partial charge in [-0.15, -0.1) is 0 Å². The van der Waals surface area contributed by atoms with Gasteiger partial charge in [-0.25, -0.2) is 14.4 Å². The summed E-state index contributed by atoms with van der Waals surface area (Å²) in [5.41, 5.74) is 0.924. The largest absolute Gasteiger partial charge is 0.233 e. The molecule has 2 aromatic rings. The molecule has 0 fully saturated rings. The van der Waals surface area contributed by atoms with E-state index in [-0.39, 0.29) is 21.6 Å². The summed E-state index contributed by atoms with van der Waals surface area (Å²) in [6.45, 7) is 1.76. The summed E-state index contributed by atoms with van der Waals surface area (Å²) in [5.74, 6) is -0.296. The second-order valence-corrected chi connectivity index (χ2v) is 4.05. The van der Waals surface area contributed by atoms with Gasteiger partial charge >= 0.3 is 0 Å². The lowest BCUT2D eigenvalue weighted by molar-refractivity contribution is 0.630.